The lowest BCUT2D eigenvalue weighted by atomic mass is 9.52. The van der Waals surface area contributed by atoms with Gasteiger partial charge in [-0.05, 0) is 35.0 Å². The number of carbonyl (C=O) groups is 1. The number of hydrogen-bond donors (Lipinski definition) is 0. The molecule has 0 unspecified atom stereocenters. The predicted octanol–water partition coefficient (Wildman–Crippen LogP) is -0.566. The smallest absolute Gasteiger partial charge is 0.338 e. The number of halogens is 1. The SMILES string of the molecule is BC(B)(B)Oc1c(Br)ccc(C(=O)OC)c1C. The molecule has 0 atom stereocenters. The van der Waals surface area contributed by atoms with Crippen LogP contribution in [0, 0.1) is 6.92 Å². The fourth-order valence-electron chi connectivity index (χ4n) is 1.42. The lowest BCUT2D eigenvalue weighted by Crippen LogP contribution is -2.38. The van der Waals surface area contributed by atoms with Gasteiger partial charge in [0.1, 0.15) is 29.3 Å². The molecule has 0 fully saturated rings. The van der Waals surface area contributed by atoms with Gasteiger partial charge >= 0.3 is 5.97 Å². The van der Waals surface area contributed by atoms with Crippen LogP contribution in [0.25, 0.3) is 0 Å². The maximum Gasteiger partial charge on any atom is 0.338 e. The van der Waals surface area contributed by atoms with Crippen molar-refractivity contribution in [1.82, 2.24) is 0 Å². The van der Waals surface area contributed by atoms with E-state index in [1.54, 1.807) is 12.1 Å². The van der Waals surface area contributed by atoms with E-state index in [9.17, 15) is 4.79 Å². The predicted molar refractivity (Wildman–Crippen MR) is 79.2 cm³/mol. The fraction of sp³-hybridized carbons (Fsp3) is 0.300. The first-order valence-electron chi connectivity index (χ1n) is 5.32. The zero-order chi connectivity index (χ0) is 13.2. The van der Waals surface area contributed by atoms with Crippen molar-refractivity contribution < 1.29 is 14.3 Å². The topological polar surface area (TPSA) is 35.5 Å². The molecule has 88 valence electrons. The average molecular weight is 295 g/mol. The molecule has 0 aliphatic carbocycles. The summed E-state index contributed by atoms with van der Waals surface area (Å²) in [5.41, 5.74) is 1.30. The number of ether oxygens (including phenoxy) is 2. The summed E-state index contributed by atoms with van der Waals surface area (Å²) in [6.45, 7) is 1.85. The summed E-state index contributed by atoms with van der Waals surface area (Å²) >= 11 is 3.43. The summed E-state index contributed by atoms with van der Waals surface area (Å²) in [4.78, 5) is 11.6. The van der Waals surface area contributed by atoms with E-state index in [0.29, 0.717) is 11.3 Å². The Labute approximate surface area is 113 Å². The third-order valence-electron chi connectivity index (χ3n) is 2.17. The van der Waals surface area contributed by atoms with Crippen LogP contribution in [-0.2, 0) is 4.74 Å². The number of rotatable bonds is 3. The Morgan fingerprint density at radius 2 is 1.94 bits per heavy atom. The molecule has 0 saturated heterocycles. The van der Waals surface area contributed by atoms with Crippen molar-refractivity contribution in [2.45, 2.75) is 12.2 Å². The highest BCUT2D eigenvalue weighted by Gasteiger charge is 2.20. The first-order valence-corrected chi connectivity index (χ1v) is 6.12. The van der Waals surface area contributed by atoms with Crippen molar-refractivity contribution in [3.63, 3.8) is 0 Å². The van der Waals surface area contributed by atoms with E-state index in [-0.39, 0.29) is 11.3 Å². The monoisotopic (exact) mass is 294 g/mol. The second-order valence-electron chi connectivity index (χ2n) is 4.76. The maximum absolute atomic E-state index is 11.6. The lowest BCUT2D eigenvalue weighted by molar-refractivity contribution is 0.0599. The molecule has 0 amide bonds. The largest absolute Gasteiger partial charge is 0.512 e. The molecule has 0 bridgehead atoms. The van der Waals surface area contributed by atoms with Gasteiger partial charge in [0.05, 0.1) is 17.1 Å². The van der Waals surface area contributed by atoms with Crippen molar-refractivity contribution in [1.29, 1.82) is 0 Å². The van der Waals surface area contributed by atoms with Crippen LogP contribution in [0.15, 0.2) is 16.6 Å². The van der Waals surface area contributed by atoms with Crippen LogP contribution in [0.3, 0.4) is 0 Å². The zero-order valence-corrected chi connectivity index (χ0v) is 12.3. The Hall–Kier alpha value is -0.835. The molecule has 0 spiro atoms. The van der Waals surface area contributed by atoms with Gasteiger partial charge in [0.25, 0.3) is 0 Å². The molecule has 0 N–H and O–H groups in total. The van der Waals surface area contributed by atoms with E-state index >= 15 is 0 Å². The van der Waals surface area contributed by atoms with Crippen LogP contribution in [0.5, 0.6) is 5.75 Å². The minimum Gasteiger partial charge on any atom is -0.512 e. The van der Waals surface area contributed by atoms with E-state index < -0.39 is 0 Å². The van der Waals surface area contributed by atoms with Gasteiger partial charge in [-0.2, -0.15) is 0 Å². The van der Waals surface area contributed by atoms with Gasteiger partial charge in [-0.25, -0.2) is 4.79 Å². The Morgan fingerprint density at radius 3 is 2.41 bits per heavy atom. The summed E-state index contributed by atoms with van der Waals surface area (Å²) in [7, 11) is 7.26. The minimum absolute atomic E-state index is 0.317. The molecular formula is C10H14B3BrO3. The third kappa shape index (κ3) is 3.56. The van der Waals surface area contributed by atoms with E-state index in [2.05, 4.69) is 15.9 Å². The fourth-order valence-corrected chi connectivity index (χ4v) is 1.93. The first kappa shape index (κ1) is 14.2. The molecule has 0 radical (unpaired) electrons. The minimum atomic E-state index is -0.353. The van der Waals surface area contributed by atoms with Crippen LogP contribution >= 0.6 is 15.9 Å². The van der Waals surface area contributed by atoms with Crippen molar-refractivity contribution in [3.05, 3.63) is 27.7 Å². The second kappa shape index (κ2) is 5.21. The average Bonchev–Trinajstić information content (AvgIpc) is 2.22. The summed E-state index contributed by atoms with van der Waals surface area (Å²) in [5.74, 6) is 0.328. The standard InChI is InChI=1S/C10H14B3BrO3/c1-5-6(9(15)16-2)3-4-7(14)8(5)17-10(11,12)13/h3-4H,11-13H2,1-2H3. The lowest BCUT2D eigenvalue weighted by Gasteiger charge is -2.25. The Bertz CT molecular complexity index is 443. The van der Waals surface area contributed by atoms with Crippen LogP contribution in [0.4, 0.5) is 0 Å². The van der Waals surface area contributed by atoms with Crippen LogP contribution < -0.4 is 4.74 Å². The number of esters is 1. The summed E-state index contributed by atoms with van der Waals surface area (Å²) < 4.78 is 11.4. The third-order valence-corrected chi connectivity index (χ3v) is 2.80. The van der Waals surface area contributed by atoms with Crippen LogP contribution in [0.1, 0.15) is 15.9 Å². The molecule has 1 rings (SSSR count). The van der Waals surface area contributed by atoms with Gasteiger partial charge in [0.2, 0.25) is 0 Å². The van der Waals surface area contributed by atoms with Crippen molar-refractivity contribution >= 4 is 45.4 Å². The molecule has 7 heteroatoms. The van der Waals surface area contributed by atoms with Gasteiger partial charge in [-0.1, -0.05) is 0 Å². The van der Waals surface area contributed by atoms with Crippen LogP contribution in [-0.4, -0.2) is 41.9 Å². The van der Waals surface area contributed by atoms with Crippen LogP contribution in [0.2, 0.25) is 0 Å². The molecular weight excluding hydrogens is 280 g/mol. The highest BCUT2D eigenvalue weighted by Crippen LogP contribution is 2.32. The molecule has 0 aliphatic rings. The molecule has 0 saturated carbocycles. The quantitative estimate of drug-likeness (QED) is 0.553. The second-order valence-corrected chi connectivity index (χ2v) is 5.61. The Morgan fingerprint density at radius 1 is 1.35 bits per heavy atom. The summed E-state index contributed by atoms with van der Waals surface area (Å²) in [6.07, 6.45) is 0. The van der Waals surface area contributed by atoms with E-state index in [0.717, 1.165) is 10.0 Å². The van der Waals surface area contributed by atoms with Crippen molar-refractivity contribution in [3.8, 4) is 5.75 Å². The van der Waals surface area contributed by atoms with E-state index in [1.165, 1.54) is 7.11 Å². The highest BCUT2D eigenvalue weighted by atomic mass is 79.9. The van der Waals surface area contributed by atoms with Gasteiger partial charge in [0.15, 0.2) is 0 Å². The molecule has 3 nitrogen and oxygen atoms in total. The first-order chi connectivity index (χ1) is 7.76. The zero-order valence-electron chi connectivity index (χ0n) is 10.8. The Balaban J connectivity index is 3.25. The molecule has 0 aliphatic heterocycles. The molecule has 1 aromatic rings. The number of hydrogen-bond acceptors (Lipinski definition) is 3. The molecule has 0 heterocycles. The molecule has 17 heavy (non-hydrogen) atoms. The van der Waals surface area contributed by atoms with E-state index in [4.69, 9.17) is 9.47 Å². The van der Waals surface area contributed by atoms with Crippen molar-refractivity contribution in [2.24, 2.45) is 0 Å². The Kier molecular flexibility index (Phi) is 4.36. The highest BCUT2D eigenvalue weighted by molar-refractivity contribution is 9.10. The summed E-state index contributed by atoms with van der Waals surface area (Å²) in [5, 5.41) is -0.317. The molecule has 1 aromatic carbocycles. The van der Waals surface area contributed by atoms with Crippen molar-refractivity contribution in [2.75, 3.05) is 7.11 Å². The van der Waals surface area contributed by atoms with Gasteiger partial charge in [-0.15, -0.1) is 0 Å². The van der Waals surface area contributed by atoms with Gasteiger partial charge in [0, 0.05) is 10.9 Å². The number of methoxy groups -OCH3 is 1. The molecule has 0 aromatic heterocycles. The normalized spacial score (nSPS) is 11.0. The number of benzene rings is 1. The van der Waals surface area contributed by atoms with E-state index in [1.807, 2.05) is 30.5 Å². The maximum atomic E-state index is 11.6. The van der Waals surface area contributed by atoms with Gasteiger partial charge < -0.3 is 9.47 Å². The summed E-state index contributed by atoms with van der Waals surface area (Å²) in [6, 6.07) is 3.51. The van der Waals surface area contributed by atoms with Gasteiger partial charge in [-0.3, -0.25) is 0 Å². The number of carbonyl (C=O) groups excluding carboxylic acids is 1.